The van der Waals surface area contributed by atoms with Crippen LogP contribution in [0.5, 0.6) is 11.5 Å². The molecule has 1 heterocycles. The molecule has 0 saturated heterocycles. The zero-order chi connectivity index (χ0) is 21.8. The van der Waals surface area contributed by atoms with Gasteiger partial charge in [-0.2, -0.15) is 0 Å². The minimum Gasteiger partial charge on any atom is -0.458 e. The average molecular weight is 418 g/mol. The molecule has 9 heteroatoms. The van der Waals surface area contributed by atoms with Gasteiger partial charge in [0.05, 0.1) is 5.56 Å². The number of benzene rings is 2. The first-order valence-corrected chi connectivity index (χ1v) is 9.84. The van der Waals surface area contributed by atoms with Crippen LogP contribution in [-0.2, 0) is 11.3 Å². The molecular formula is C22H20BFN4O3. The van der Waals surface area contributed by atoms with Gasteiger partial charge in [-0.05, 0) is 54.2 Å². The Kier molecular flexibility index (Phi) is 5.66. The lowest BCUT2D eigenvalue weighted by molar-refractivity contribution is -0.124. The van der Waals surface area contributed by atoms with Crippen molar-refractivity contribution in [3.05, 3.63) is 78.1 Å². The number of rotatable bonds is 7. The summed E-state index contributed by atoms with van der Waals surface area (Å²) in [7, 11) is 1.78. The second-order valence-corrected chi connectivity index (χ2v) is 7.50. The van der Waals surface area contributed by atoms with Crippen LogP contribution in [0.3, 0.4) is 0 Å². The van der Waals surface area contributed by atoms with Crippen LogP contribution in [0.4, 0.5) is 4.39 Å². The van der Waals surface area contributed by atoms with Crippen molar-refractivity contribution >= 4 is 25.1 Å². The van der Waals surface area contributed by atoms with Gasteiger partial charge in [0.15, 0.2) is 0 Å². The van der Waals surface area contributed by atoms with E-state index in [4.69, 9.17) is 4.74 Å². The Hall–Kier alpha value is -3.75. The summed E-state index contributed by atoms with van der Waals surface area (Å²) in [4.78, 5) is 32.6. The zero-order valence-electron chi connectivity index (χ0n) is 16.9. The molecule has 4 rings (SSSR count). The molecule has 1 aliphatic carbocycles. The van der Waals surface area contributed by atoms with Gasteiger partial charge in [-0.25, -0.2) is 14.4 Å². The van der Waals surface area contributed by atoms with Crippen LogP contribution in [0, 0.1) is 5.82 Å². The normalized spacial score (nSPS) is 13.8. The summed E-state index contributed by atoms with van der Waals surface area (Å²) < 4.78 is 19.0. The van der Waals surface area contributed by atoms with Gasteiger partial charge in [-0.1, -0.05) is 12.1 Å². The number of ether oxygens (including phenoxy) is 1. The number of halogens is 1. The van der Waals surface area contributed by atoms with Crippen molar-refractivity contribution in [2.24, 2.45) is 0 Å². The monoisotopic (exact) mass is 418 g/mol. The highest BCUT2D eigenvalue weighted by atomic mass is 19.1. The van der Waals surface area contributed by atoms with Crippen molar-refractivity contribution in [1.82, 2.24) is 20.6 Å². The molecule has 1 aliphatic rings. The average Bonchev–Trinajstić information content (AvgIpc) is 3.56. The third-order valence-electron chi connectivity index (χ3n) is 5.10. The predicted octanol–water partition coefficient (Wildman–Crippen LogP) is 1.25. The van der Waals surface area contributed by atoms with Crippen LogP contribution in [0.15, 0.2) is 61.2 Å². The maximum Gasteiger partial charge on any atom is 0.255 e. The topological polar surface area (TPSA) is 93.2 Å². The summed E-state index contributed by atoms with van der Waals surface area (Å²) in [5.74, 6) is 0.293. The molecule has 0 radical (unpaired) electrons. The highest BCUT2D eigenvalue weighted by Crippen LogP contribution is 2.36. The molecule has 2 aromatic carbocycles. The third kappa shape index (κ3) is 4.88. The van der Waals surface area contributed by atoms with E-state index in [0.29, 0.717) is 41.9 Å². The Morgan fingerprint density at radius 2 is 1.81 bits per heavy atom. The Labute approximate surface area is 179 Å². The second kappa shape index (κ2) is 8.55. The molecule has 2 amide bonds. The summed E-state index contributed by atoms with van der Waals surface area (Å²) in [5.41, 5.74) is 1.02. The van der Waals surface area contributed by atoms with Crippen LogP contribution in [-0.4, -0.2) is 35.2 Å². The first-order chi connectivity index (χ1) is 14.9. The fourth-order valence-electron chi connectivity index (χ4n) is 3.12. The highest BCUT2D eigenvalue weighted by Gasteiger charge is 2.51. The van der Waals surface area contributed by atoms with Crippen molar-refractivity contribution in [3.8, 4) is 11.5 Å². The lowest BCUT2D eigenvalue weighted by Crippen LogP contribution is -2.48. The molecule has 7 nitrogen and oxygen atoms in total. The van der Waals surface area contributed by atoms with Gasteiger partial charge in [0.2, 0.25) is 5.91 Å². The quantitative estimate of drug-likeness (QED) is 0.564. The Morgan fingerprint density at radius 1 is 1.10 bits per heavy atom. The zero-order valence-corrected chi connectivity index (χ0v) is 16.9. The van der Waals surface area contributed by atoms with Crippen LogP contribution >= 0.6 is 0 Å². The van der Waals surface area contributed by atoms with E-state index in [1.54, 1.807) is 26.0 Å². The highest BCUT2D eigenvalue weighted by molar-refractivity contribution is 6.34. The van der Waals surface area contributed by atoms with Gasteiger partial charge in [0, 0.05) is 18.9 Å². The van der Waals surface area contributed by atoms with Gasteiger partial charge in [-0.15, -0.1) is 0 Å². The molecule has 0 spiro atoms. The third-order valence-corrected chi connectivity index (χ3v) is 5.10. The number of aromatic nitrogens is 2. The molecule has 156 valence electrons. The smallest absolute Gasteiger partial charge is 0.255 e. The van der Waals surface area contributed by atoms with Crippen molar-refractivity contribution in [2.45, 2.75) is 24.9 Å². The second-order valence-electron chi connectivity index (χ2n) is 7.50. The molecule has 0 unspecified atom stereocenters. The van der Waals surface area contributed by atoms with E-state index in [1.807, 2.05) is 12.1 Å². The summed E-state index contributed by atoms with van der Waals surface area (Å²) in [6, 6.07) is 11.6. The summed E-state index contributed by atoms with van der Waals surface area (Å²) in [5, 5.41) is 5.66. The fraction of sp³-hybridized carbons (Fsp3) is 0.182. The van der Waals surface area contributed by atoms with E-state index in [2.05, 4.69) is 20.6 Å². The van der Waals surface area contributed by atoms with Crippen molar-refractivity contribution in [2.75, 3.05) is 0 Å². The minimum atomic E-state index is -0.879. The lowest BCUT2D eigenvalue weighted by atomic mass is 9.95. The molecule has 1 saturated carbocycles. The summed E-state index contributed by atoms with van der Waals surface area (Å²) >= 11 is 0. The van der Waals surface area contributed by atoms with Crippen molar-refractivity contribution < 1.29 is 18.7 Å². The van der Waals surface area contributed by atoms with Crippen molar-refractivity contribution in [1.29, 1.82) is 0 Å². The Balaban J connectivity index is 1.31. The fourth-order valence-corrected chi connectivity index (χ4v) is 3.12. The summed E-state index contributed by atoms with van der Waals surface area (Å²) in [6.07, 6.45) is 5.33. The molecule has 1 fully saturated rings. The maximum atomic E-state index is 13.2. The van der Waals surface area contributed by atoms with E-state index >= 15 is 0 Å². The molecule has 0 aliphatic heterocycles. The molecular weight excluding hydrogens is 398 g/mol. The summed E-state index contributed by atoms with van der Waals surface area (Å²) in [6.45, 7) is 0.320. The maximum absolute atomic E-state index is 13.2. The number of nitrogens with zero attached hydrogens (tertiary/aromatic N) is 2. The SMILES string of the molecule is Bc1cc(F)ccc1Oc1ccc(CNC(=O)C2(NC(=O)c3cncnc3)CC2)cc1. The molecule has 3 aromatic rings. The van der Waals surface area contributed by atoms with E-state index in [1.165, 1.54) is 30.9 Å². The van der Waals surface area contributed by atoms with Gasteiger partial charge >= 0.3 is 0 Å². The van der Waals surface area contributed by atoms with Gasteiger partial charge in [0.25, 0.3) is 5.91 Å². The van der Waals surface area contributed by atoms with Crippen LogP contribution in [0.2, 0.25) is 0 Å². The number of hydrogen-bond donors (Lipinski definition) is 2. The Bertz CT molecular complexity index is 1110. The van der Waals surface area contributed by atoms with E-state index in [9.17, 15) is 14.0 Å². The molecule has 31 heavy (non-hydrogen) atoms. The lowest BCUT2D eigenvalue weighted by Gasteiger charge is -2.17. The van der Waals surface area contributed by atoms with Gasteiger partial charge < -0.3 is 15.4 Å². The predicted molar refractivity (Wildman–Crippen MR) is 114 cm³/mol. The first-order valence-electron chi connectivity index (χ1n) is 9.84. The van der Waals surface area contributed by atoms with Crippen molar-refractivity contribution in [3.63, 3.8) is 0 Å². The molecule has 0 bridgehead atoms. The number of carbonyl (C=O) groups excluding carboxylic acids is 2. The number of hydrogen-bond acceptors (Lipinski definition) is 5. The largest absolute Gasteiger partial charge is 0.458 e. The molecule has 2 N–H and O–H groups in total. The minimum absolute atomic E-state index is 0.222. The molecule has 0 atom stereocenters. The van der Waals surface area contributed by atoms with Crippen LogP contribution in [0.25, 0.3) is 0 Å². The number of carbonyl (C=O) groups is 2. The van der Waals surface area contributed by atoms with Gasteiger partial charge in [-0.3, -0.25) is 9.59 Å². The number of amides is 2. The van der Waals surface area contributed by atoms with E-state index < -0.39 is 5.54 Å². The standard InChI is InChI=1S/C22H20BFN4O3/c23-18-9-16(24)3-6-19(18)31-17-4-1-14(2-5-17)10-27-21(30)22(7-8-22)28-20(29)15-11-25-13-26-12-15/h1-6,9,11-13H,7-8,10,23H2,(H,27,30)(H,28,29). The van der Waals surface area contributed by atoms with Gasteiger partial charge in [0.1, 0.15) is 37.0 Å². The van der Waals surface area contributed by atoms with E-state index in [-0.39, 0.29) is 17.6 Å². The first kappa shape index (κ1) is 20.5. The molecule has 1 aromatic heterocycles. The Morgan fingerprint density at radius 3 is 2.45 bits per heavy atom. The van der Waals surface area contributed by atoms with Crippen LogP contribution < -0.4 is 20.8 Å². The van der Waals surface area contributed by atoms with Crippen LogP contribution in [0.1, 0.15) is 28.8 Å². The van der Waals surface area contributed by atoms with E-state index in [0.717, 1.165) is 5.56 Å². The number of nitrogens with one attached hydrogen (secondary N) is 2.